The van der Waals surface area contributed by atoms with Crippen LogP contribution >= 0.6 is 0 Å². The molecule has 4 aromatic rings. The molecule has 4 aromatic carbocycles. The molecule has 17 nitrogen and oxygen atoms in total. The van der Waals surface area contributed by atoms with Crippen molar-refractivity contribution in [3.63, 3.8) is 0 Å². The van der Waals surface area contributed by atoms with Crippen LogP contribution in [0.15, 0.2) is 91.0 Å². The Balaban J connectivity index is 0.955. The smallest absolute Gasteiger partial charge is 0.251 e. The lowest BCUT2D eigenvalue weighted by Crippen LogP contribution is -2.62. The van der Waals surface area contributed by atoms with Crippen molar-refractivity contribution in [2.75, 3.05) is 26.0 Å². The fourth-order valence-electron chi connectivity index (χ4n) is 11.6. The third kappa shape index (κ3) is 13.7. The number of nitrogens with one attached hydrogen (secondary N) is 8. The Morgan fingerprint density at radius 1 is 0.588 bits per heavy atom. The number of rotatable bonds is 17. The van der Waals surface area contributed by atoms with Crippen LogP contribution in [0, 0.1) is 10.8 Å². The first-order valence-corrected chi connectivity index (χ1v) is 28.6. The van der Waals surface area contributed by atoms with Crippen LogP contribution in [0.3, 0.4) is 0 Å². The quantitative estimate of drug-likeness (QED) is 0.0624. The van der Waals surface area contributed by atoms with Gasteiger partial charge in [-0.15, -0.1) is 0 Å². The van der Waals surface area contributed by atoms with Gasteiger partial charge < -0.3 is 52.3 Å². The van der Waals surface area contributed by atoms with Crippen molar-refractivity contribution in [2.45, 2.75) is 174 Å². The van der Waals surface area contributed by atoms with E-state index in [1.54, 1.807) is 45.0 Å². The van der Waals surface area contributed by atoms with Crippen LogP contribution in [0.25, 0.3) is 0 Å². The van der Waals surface area contributed by atoms with E-state index >= 15 is 0 Å². The van der Waals surface area contributed by atoms with Gasteiger partial charge >= 0.3 is 0 Å². The number of amides is 7. The number of hydrogen-bond donors (Lipinski definition) is 8. The van der Waals surface area contributed by atoms with Gasteiger partial charge in [-0.1, -0.05) is 108 Å². The zero-order chi connectivity index (χ0) is 57.6. The molecular weight excluding hydrogens is 1010 g/mol. The van der Waals surface area contributed by atoms with Gasteiger partial charge in [0.2, 0.25) is 35.4 Å². The number of aryl methyl sites for hydroxylation is 2. The topological polar surface area (TPSA) is 222 Å². The van der Waals surface area contributed by atoms with Gasteiger partial charge in [0.15, 0.2) is 0 Å². The monoisotopic (exact) mass is 1090 g/mol. The molecule has 2 aliphatic carbocycles. The first-order valence-electron chi connectivity index (χ1n) is 28.6. The maximum absolute atomic E-state index is 14.9. The predicted octanol–water partition coefficient (Wildman–Crippen LogP) is 5.92. The minimum Gasteiger partial charge on any atom is -0.381 e. The van der Waals surface area contributed by atoms with Crippen molar-refractivity contribution in [3.05, 3.63) is 136 Å². The van der Waals surface area contributed by atoms with Gasteiger partial charge in [-0.25, -0.2) is 0 Å². The fourth-order valence-corrected chi connectivity index (χ4v) is 11.6. The van der Waals surface area contributed by atoms with Crippen molar-refractivity contribution in [1.29, 1.82) is 0 Å². The summed E-state index contributed by atoms with van der Waals surface area (Å²) in [5.41, 5.74) is 7.18. The molecule has 8 N–H and O–H groups in total. The molecule has 9 atom stereocenters. The second-order valence-electron chi connectivity index (χ2n) is 24.6. The highest BCUT2D eigenvalue weighted by Gasteiger charge is 2.47. The summed E-state index contributed by atoms with van der Waals surface area (Å²) in [6, 6.07) is 23.9. The Morgan fingerprint density at radius 3 is 1.62 bits per heavy atom. The van der Waals surface area contributed by atoms with Crippen LogP contribution in [-0.4, -0.2) is 114 Å². The molecule has 2 heterocycles. The van der Waals surface area contributed by atoms with E-state index in [1.165, 1.54) is 16.0 Å². The van der Waals surface area contributed by atoms with Crippen molar-refractivity contribution in [1.82, 2.24) is 47.0 Å². The van der Waals surface area contributed by atoms with Crippen molar-refractivity contribution < 1.29 is 33.6 Å². The third-order valence-electron chi connectivity index (χ3n) is 16.7. The van der Waals surface area contributed by atoms with E-state index in [9.17, 15) is 33.6 Å². The molecule has 7 amide bonds. The Kier molecular flexibility index (Phi) is 18.5. The molecule has 2 aliphatic heterocycles. The van der Waals surface area contributed by atoms with Crippen LogP contribution in [0.4, 0.5) is 5.69 Å². The fraction of sp³-hybridized carbons (Fsp3) is 0.508. The summed E-state index contributed by atoms with van der Waals surface area (Å²) in [5.74, 6) is -2.24. The summed E-state index contributed by atoms with van der Waals surface area (Å²) in [7, 11) is 3.37. The Hall–Kier alpha value is -7.11. The molecule has 80 heavy (non-hydrogen) atoms. The summed E-state index contributed by atoms with van der Waals surface area (Å²) in [6.45, 7) is 15.5. The average molecular weight is 1090 g/mol. The molecule has 9 unspecified atom stereocenters. The highest BCUT2D eigenvalue weighted by molar-refractivity contribution is 5.97. The number of hydrogen-bond acceptors (Lipinski definition) is 10. The lowest BCUT2D eigenvalue weighted by atomic mass is 9.83. The summed E-state index contributed by atoms with van der Waals surface area (Å²) in [4.78, 5) is 102. The molecular formula is C63H84N10O7. The standard InChI is InChI=1S/C63H84N10O7/c1-37(64-9)55(74)70-53(62(3,4)5)60(79)72-35-44-31-45(30-29-43(44)32-51(72)58(77)68-49-23-15-19-40-17-11-13-21-47(40)49)66-34-39-25-27-42(28-26-39)57(76)67-46-33-52(59(78)69-50-24-16-20-41-18-12-14-22-48(41)50)73(36-46)61(80)54(63(6,7)8)71-56(75)38(2)65-10/h11-14,17-18,21-22,25-31,37-38,46,49-54,64-66H,15-16,19-20,23-24,32-36H2,1-10H3,(H,67,76)(H,68,77)(H,69,78)(H,70,74)(H,71,75). The lowest BCUT2D eigenvalue weighted by Gasteiger charge is -2.42. The van der Waals surface area contributed by atoms with Gasteiger partial charge in [0.25, 0.3) is 5.91 Å². The number of carbonyl (C=O) groups excluding carboxylic acids is 7. The number of carbonyl (C=O) groups is 7. The summed E-state index contributed by atoms with van der Waals surface area (Å²) in [6.07, 6.45) is 5.80. The summed E-state index contributed by atoms with van der Waals surface area (Å²) in [5, 5.41) is 25.0. The molecule has 0 radical (unpaired) electrons. The van der Waals surface area contributed by atoms with Crippen molar-refractivity contribution in [2.24, 2.45) is 10.8 Å². The van der Waals surface area contributed by atoms with Crippen LogP contribution in [0.2, 0.25) is 0 Å². The molecule has 0 aromatic heterocycles. The Bertz CT molecular complexity index is 2930. The van der Waals surface area contributed by atoms with Gasteiger partial charge in [0.1, 0.15) is 24.2 Å². The number of nitrogens with zero attached hydrogens (tertiary/aromatic N) is 2. The van der Waals surface area contributed by atoms with Crippen molar-refractivity contribution in [3.8, 4) is 0 Å². The maximum Gasteiger partial charge on any atom is 0.251 e. The van der Waals surface area contributed by atoms with Gasteiger partial charge in [-0.05, 0) is 147 Å². The molecule has 1 saturated heterocycles. The molecule has 8 rings (SSSR count). The normalized spacial score (nSPS) is 21.2. The molecule has 428 valence electrons. The van der Waals surface area contributed by atoms with E-state index in [2.05, 4.69) is 60.7 Å². The maximum atomic E-state index is 14.9. The molecule has 4 aliphatic rings. The van der Waals surface area contributed by atoms with Gasteiger partial charge in [0, 0.05) is 43.3 Å². The molecule has 0 bridgehead atoms. The van der Waals surface area contributed by atoms with Gasteiger partial charge in [-0.3, -0.25) is 33.6 Å². The third-order valence-corrected chi connectivity index (χ3v) is 16.7. The average Bonchev–Trinajstić information content (AvgIpc) is 3.88. The summed E-state index contributed by atoms with van der Waals surface area (Å²) < 4.78 is 0. The number of anilines is 1. The van der Waals surface area contributed by atoms with E-state index in [1.807, 2.05) is 102 Å². The van der Waals surface area contributed by atoms with Gasteiger partial charge in [0.05, 0.1) is 24.2 Å². The zero-order valence-corrected chi connectivity index (χ0v) is 48.4. The molecule has 1 fully saturated rings. The van der Waals surface area contributed by atoms with E-state index in [0.29, 0.717) is 18.5 Å². The van der Waals surface area contributed by atoms with E-state index in [-0.39, 0.29) is 72.9 Å². The zero-order valence-electron chi connectivity index (χ0n) is 48.4. The van der Waals surface area contributed by atoms with Crippen molar-refractivity contribution >= 4 is 47.0 Å². The SMILES string of the molecule is CNC(C)C(=O)NC(C(=O)N1Cc2cc(NCc3ccc(C(=O)NC4CC(C(=O)NC5CCCc6ccccc65)N(C(=O)C(NC(=O)C(C)NC)C(C)(C)C)C4)cc3)ccc2CC1C(=O)NC1CCCc2ccccc21)C(C)(C)C. The Morgan fingerprint density at radius 2 is 1.10 bits per heavy atom. The van der Waals surface area contributed by atoms with E-state index < -0.39 is 53.1 Å². The van der Waals surface area contributed by atoms with Crippen LogP contribution < -0.4 is 42.5 Å². The van der Waals surface area contributed by atoms with Gasteiger partial charge in [-0.2, -0.15) is 0 Å². The summed E-state index contributed by atoms with van der Waals surface area (Å²) >= 11 is 0. The highest BCUT2D eigenvalue weighted by Crippen LogP contribution is 2.35. The predicted molar refractivity (Wildman–Crippen MR) is 310 cm³/mol. The number of benzene rings is 4. The Labute approximate surface area is 472 Å². The number of likely N-dealkylation sites (tertiary alicyclic amines) is 1. The first kappa shape index (κ1) is 59.0. The lowest BCUT2D eigenvalue weighted by molar-refractivity contribution is -0.147. The van der Waals surface area contributed by atoms with Crippen LogP contribution in [-0.2, 0) is 61.1 Å². The number of fused-ring (bicyclic) bond motifs is 3. The van der Waals surface area contributed by atoms with Crippen LogP contribution in [0.1, 0.15) is 149 Å². The number of likely N-dealkylation sites (N-methyl/N-ethyl adjacent to an activating group) is 2. The second kappa shape index (κ2) is 25.1. The highest BCUT2D eigenvalue weighted by atomic mass is 16.2. The molecule has 17 heteroatoms. The first-order chi connectivity index (χ1) is 38.0. The van der Waals surface area contributed by atoms with Crippen LogP contribution in [0.5, 0.6) is 0 Å². The van der Waals surface area contributed by atoms with E-state index in [0.717, 1.165) is 72.0 Å². The minimum atomic E-state index is -0.942. The molecule has 0 spiro atoms. The molecule has 0 saturated carbocycles. The minimum absolute atomic E-state index is 0.0790. The largest absolute Gasteiger partial charge is 0.381 e. The second-order valence-corrected chi connectivity index (χ2v) is 24.6. The van der Waals surface area contributed by atoms with E-state index in [4.69, 9.17) is 0 Å².